The molecule has 0 radical (unpaired) electrons. The number of halogens is 1. The molecular formula is C15H22FNO3S. The number of benzene rings is 1. The Balaban J connectivity index is 2.16. The normalized spacial score (nSPS) is 17.3. The molecule has 2 rings (SSSR count). The van der Waals surface area contributed by atoms with Gasteiger partial charge in [0.25, 0.3) is 0 Å². The van der Waals surface area contributed by atoms with E-state index in [1.807, 2.05) is 0 Å². The maximum atomic E-state index is 13.4. The second kappa shape index (κ2) is 6.85. The van der Waals surface area contributed by atoms with Gasteiger partial charge in [-0.2, -0.15) is 0 Å². The largest absolute Gasteiger partial charge is 0.392 e. The molecule has 1 fully saturated rings. The first-order valence-corrected chi connectivity index (χ1v) is 8.75. The fourth-order valence-corrected chi connectivity index (χ4v) is 4.14. The number of nitrogens with zero attached hydrogens (tertiary/aromatic N) is 1. The zero-order valence-corrected chi connectivity index (χ0v) is 13.1. The molecule has 0 aliphatic heterocycles. The van der Waals surface area contributed by atoms with E-state index < -0.39 is 22.4 Å². The standard InChI is InChI=1S/C15H22FNO3S/c1-17(10-12-5-3-2-4-6-12)21(19,20)14-7-8-15(16)13(9-14)11-18/h7-9,12,18H,2-6,10-11H2,1H3. The van der Waals surface area contributed by atoms with Crippen LogP contribution in [0, 0.1) is 11.7 Å². The van der Waals surface area contributed by atoms with Gasteiger partial charge in [-0.1, -0.05) is 19.3 Å². The highest BCUT2D eigenvalue weighted by molar-refractivity contribution is 7.89. The van der Waals surface area contributed by atoms with Gasteiger partial charge in [-0.3, -0.25) is 0 Å². The van der Waals surface area contributed by atoms with Crippen molar-refractivity contribution in [2.45, 2.75) is 43.6 Å². The molecule has 21 heavy (non-hydrogen) atoms. The summed E-state index contributed by atoms with van der Waals surface area (Å²) in [6.07, 6.45) is 5.66. The van der Waals surface area contributed by atoms with Crippen LogP contribution in [-0.2, 0) is 16.6 Å². The number of sulfonamides is 1. The number of hydrogen-bond acceptors (Lipinski definition) is 3. The van der Waals surface area contributed by atoms with Crippen molar-refractivity contribution in [1.82, 2.24) is 4.31 Å². The molecule has 4 nitrogen and oxygen atoms in total. The van der Waals surface area contributed by atoms with E-state index in [2.05, 4.69) is 0 Å². The van der Waals surface area contributed by atoms with Crippen molar-refractivity contribution >= 4 is 10.0 Å². The van der Waals surface area contributed by atoms with E-state index in [0.29, 0.717) is 12.5 Å². The van der Waals surface area contributed by atoms with Gasteiger partial charge in [0.05, 0.1) is 11.5 Å². The molecule has 0 spiro atoms. The maximum Gasteiger partial charge on any atom is 0.242 e. The highest BCUT2D eigenvalue weighted by Gasteiger charge is 2.25. The number of aliphatic hydroxyl groups is 1. The topological polar surface area (TPSA) is 57.6 Å². The third-order valence-electron chi connectivity index (χ3n) is 4.14. The van der Waals surface area contributed by atoms with E-state index in [9.17, 15) is 12.8 Å². The number of aliphatic hydroxyl groups excluding tert-OH is 1. The number of hydrogen-bond donors (Lipinski definition) is 1. The molecule has 1 aliphatic rings. The van der Waals surface area contributed by atoms with E-state index in [-0.39, 0.29) is 10.5 Å². The van der Waals surface area contributed by atoms with Crippen LogP contribution in [-0.4, -0.2) is 31.4 Å². The Morgan fingerprint density at radius 2 is 1.95 bits per heavy atom. The summed E-state index contributed by atoms with van der Waals surface area (Å²) in [7, 11) is -2.07. The third-order valence-corrected chi connectivity index (χ3v) is 5.96. The molecule has 1 aromatic carbocycles. The second-order valence-electron chi connectivity index (χ2n) is 5.70. The summed E-state index contributed by atoms with van der Waals surface area (Å²) in [6, 6.07) is 3.55. The van der Waals surface area contributed by atoms with Crippen LogP contribution in [0.3, 0.4) is 0 Å². The van der Waals surface area contributed by atoms with Crippen LogP contribution in [0.2, 0.25) is 0 Å². The van der Waals surface area contributed by atoms with E-state index in [1.54, 1.807) is 7.05 Å². The van der Waals surface area contributed by atoms with Crippen molar-refractivity contribution in [1.29, 1.82) is 0 Å². The lowest BCUT2D eigenvalue weighted by Gasteiger charge is -2.26. The van der Waals surface area contributed by atoms with Gasteiger partial charge in [0.2, 0.25) is 10.0 Å². The lowest BCUT2D eigenvalue weighted by Crippen LogP contribution is -2.32. The zero-order valence-electron chi connectivity index (χ0n) is 12.3. The average molecular weight is 315 g/mol. The number of rotatable bonds is 5. The first-order chi connectivity index (χ1) is 9.95. The maximum absolute atomic E-state index is 13.4. The summed E-state index contributed by atoms with van der Waals surface area (Å²) in [5.74, 6) is -0.192. The third kappa shape index (κ3) is 3.81. The van der Waals surface area contributed by atoms with Crippen molar-refractivity contribution in [2.75, 3.05) is 13.6 Å². The van der Waals surface area contributed by atoms with Gasteiger partial charge in [0.15, 0.2) is 0 Å². The Labute approximate surface area is 125 Å². The van der Waals surface area contributed by atoms with Crippen molar-refractivity contribution < 1.29 is 17.9 Å². The molecule has 1 aliphatic carbocycles. The highest BCUT2D eigenvalue weighted by Crippen LogP contribution is 2.26. The summed E-state index contributed by atoms with van der Waals surface area (Å²) >= 11 is 0. The van der Waals surface area contributed by atoms with Gasteiger partial charge in [0.1, 0.15) is 5.82 Å². The monoisotopic (exact) mass is 315 g/mol. The van der Waals surface area contributed by atoms with E-state index >= 15 is 0 Å². The molecule has 1 aromatic rings. The van der Waals surface area contributed by atoms with E-state index in [1.165, 1.54) is 22.9 Å². The predicted octanol–water partition coefficient (Wildman–Crippen LogP) is 2.52. The SMILES string of the molecule is CN(CC1CCCCC1)S(=O)(=O)c1ccc(F)c(CO)c1. The van der Waals surface area contributed by atoms with Gasteiger partial charge in [-0.25, -0.2) is 17.1 Å². The van der Waals surface area contributed by atoms with E-state index in [0.717, 1.165) is 31.7 Å². The fourth-order valence-electron chi connectivity index (χ4n) is 2.84. The van der Waals surface area contributed by atoms with E-state index in [4.69, 9.17) is 5.11 Å². The van der Waals surface area contributed by atoms with Gasteiger partial charge < -0.3 is 5.11 Å². The van der Waals surface area contributed by atoms with Crippen LogP contribution in [0.25, 0.3) is 0 Å². The molecule has 0 saturated heterocycles. The van der Waals surface area contributed by atoms with Crippen molar-refractivity contribution in [2.24, 2.45) is 5.92 Å². The summed E-state index contributed by atoms with van der Waals surface area (Å²) in [4.78, 5) is 0.0336. The molecule has 0 heterocycles. The van der Waals surface area contributed by atoms with Crippen molar-refractivity contribution in [3.05, 3.63) is 29.6 Å². The zero-order chi connectivity index (χ0) is 15.5. The summed E-state index contributed by atoms with van der Waals surface area (Å²) in [5, 5.41) is 9.06. The Hall–Kier alpha value is -0.980. The summed E-state index contributed by atoms with van der Waals surface area (Å²) < 4.78 is 39.7. The van der Waals surface area contributed by atoms with Crippen LogP contribution >= 0.6 is 0 Å². The van der Waals surface area contributed by atoms with Gasteiger partial charge in [0, 0.05) is 19.2 Å². The van der Waals surface area contributed by atoms with Crippen LogP contribution in [0.5, 0.6) is 0 Å². The minimum Gasteiger partial charge on any atom is -0.392 e. The van der Waals surface area contributed by atoms with Crippen LogP contribution in [0.15, 0.2) is 23.1 Å². The quantitative estimate of drug-likeness (QED) is 0.908. The molecular weight excluding hydrogens is 293 g/mol. The van der Waals surface area contributed by atoms with Crippen molar-refractivity contribution in [3.8, 4) is 0 Å². The van der Waals surface area contributed by atoms with Crippen molar-refractivity contribution in [3.63, 3.8) is 0 Å². The van der Waals surface area contributed by atoms with Gasteiger partial charge in [-0.05, 0) is 37.0 Å². The smallest absolute Gasteiger partial charge is 0.242 e. The predicted molar refractivity (Wildman–Crippen MR) is 78.7 cm³/mol. The summed E-state index contributed by atoms with van der Waals surface area (Å²) in [6.45, 7) is -0.0182. The molecule has 1 N–H and O–H groups in total. The molecule has 0 bridgehead atoms. The van der Waals surface area contributed by atoms with Gasteiger partial charge in [-0.15, -0.1) is 0 Å². The van der Waals surface area contributed by atoms with Crippen LogP contribution in [0.1, 0.15) is 37.7 Å². The average Bonchev–Trinajstić information content (AvgIpc) is 2.48. The molecule has 6 heteroatoms. The summed E-state index contributed by atoms with van der Waals surface area (Å²) in [5.41, 5.74) is 0.00198. The first-order valence-electron chi connectivity index (χ1n) is 7.31. The molecule has 0 unspecified atom stereocenters. The van der Waals surface area contributed by atoms with Gasteiger partial charge >= 0.3 is 0 Å². The molecule has 0 atom stereocenters. The Bertz CT molecular complexity index is 583. The molecule has 1 saturated carbocycles. The minimum atomic E-state index is -3.63. The molecule has 118 valence electrons. The lowest BCUT2D eigenvalue weighted by molar-refractivity contribution is 0.275. The first kappa shape index (κ1) is 16.4. The minimum absolute atomic E-state index is 0.00198. The lowest BCUT2D eigenvalue weighted by atomic mass is 9.89. The Morgan fingerprint density at radius 1 is 1.29 bits per heavy atom. The van der Waals surface area contributed by atoms with Crippen LogP contribution in [0.4, 0.5) is 4.39 Å². The fraction of sp³-hybridized carbons (Fsp3) is 0.600. The highest BCUT2D eigenvalue weighted by atomic mass is 32.2. The molecule has 0 aromatic heterocycles. The second-order valence-corrected chi connectivity index (χ2v) is 7.75. The Morgan fingerprint density at radius 3 is 2.57 bits per heavy atom. The Kier molecular flexibility index (Phi) is 5.35. The molecule has 0 amide bonds. The van der Waals surface area contributed by atoms with Crippen LogP contribution < -0.4 is 0 Å².